The van der Waals surface area contributed by atoms with Crippen molar-refractivity contribution in [2.45, 2.75) is 0 Å². The van der Waals surface area contributed by atoms with Crippen molar-refractivity contribution in [1.29, 1.82) is 0 Å². The van der Waals surface area contributed by atoms with E-state index in [0.717, 1.165) is 6.20 Å². The number of hydrogen-bond donors (Lipinski definition) is 0. The van der Waals surface area contributed by atoms with Gasteiger partial charge in [0.2, 0.25) is 5.78 Å². The smallest absolute Gasteiger partial charge is 0.214 e. The summed E-state index contributed by atoms with van der Waals surface area (Å²) in [4.78, 5) is 24.7. The minimum atomic E-state index is -0.463. The van der Waals surface area contributed by atoms with Crippen LogP contribution in [0.2, 0.25) is 0 Å². The fourth-order valence-corrected chi connectivity index (χ4v) is 2.41. The molecule has 1 aliphatic rings. The van der Waals surface area contributed by atoms with Crippen LogP contribution in [0.5, 0.6) is 0 Å². The van der Waals surface area contributed by atoms with E-state index in [9.17, 15) is 9.18 Å². The van der Waals surface area contributed by atoms with Crippen LogP contribution in [0.4, 0.5) is 4.39 Å². The van der Waals surface area contributed by atoms with Gasteiger partial charge < -0.3 is 0 Å². The van der Waals surface area contributed by atoms with E-state index in [1.54, 1.807) is 24.4 Å². The first kappa shape index (κ1) is 10.3. The molecular weight excluding hydrogens is 245 g/mol. The van der Waals surface area contributed by atoms with Gasteiger partial charge in [-0.15, -0.1) is 0 Å². The molecule has 90 valence electrons. The van der Waals surface area contributed by atoms with Crippen molar-refractivity contribution in [3.8, 4) is 11.4 Å². The summed E-state index contributed by atoms with van der Waals surface area (Å²) in [5, 5.41) is 0.790. The molecule has 1 aliphatic carbocycles. The van der Waals surface area contributed by atoms with Crippen molar-refractivity contribution in [1.82, 2.24) is 15.0 Å². The summed E-state index contributed by atoms with van der Waals surface area (Å²) < 4.78 is 13.8. The average Bonchev–Trinajstić information content (AvgIpc) is 2.46. The van der Waals surface area contributed by atoms with Gasteiger partial charge >= 0.3 is 0 Å². The van der Waals surface area contributed by atoms with Crippen LogP contribution < -0.4 is 0 Å². The second kappa shape index (κ2) is 3.41. The summed E-state index contributed by atoms with van der Waals surface area (Å²) in [6.45, 7) is 0. The van der Waals surface area contributed by atoms with Crippen LogP contribution in [0, 0.1) is 5.82 Å². The zero-order valence-electron chi connectivity index (χ0n) is 9.59. The van der Waals surface area contributed by atoms with Crippen molar-refractivity contribution in [3.63, 3.8) is 0 Å². The highest BCUT2D eigenvalue weighted by molar-refractivity contribution is 6.23. The van der Waals surface area contributed by atoms with Crippen LogP contribution in [0.25, 0.3) is 22.2 Å². The summed E-state index contributed by atoms with van der Waals surface area (Å²) in [6.07, 6.45) is 4.17. The van der Waals surface area contributed by atoms with Gasteiger partial charge in [0.15, 0.2) is 0 Å². The number of carbonyl (C=O) groups is 1. The maximum absolute atomic E-state index is 13.8. The molecule has 0 N–H and O–H groups in total. The maximum Gasteiger partial charge on any atom is 0.214 e. The first-order chi connectivity index (χ1) is 9.27. The molecule has 0 fully saturated rings. The molecule has 0 spiro atoms. The molecule has 0 saturated carbocycles. The molecule has 3 aromatic rings. The van der Waals surface area contributed by atoms with E-state index in [2.05, 4.69) is 15.0 Å². The summed E-state index contributed by atoms with van der Waals surface area (Å²) in [6, 6.07) is 4.91. The molecule has 0 unspecified atom stereocenters. The topological polar surface area (TPSA) is 55.7 Å². The first-order valence-corrected chi connectivity index (χ1v) is 5.70. The Morgan fingerprint density at radius 2 is 1.79 bits per heavy atom. The van der Waals surface area contributed by atoms with Gasteiger partial charge in [-0.05, 0) is 18.2 Å². The predicted molar refractivity (Wildman–Crippen MR) is 66.2 cm³/mol. The lowest BCUT2D eigenvalue weighted by Crippen LogP contribution is -2.14. The Morgan fingerprint density at radius 3 is 2.68 bits per heavy atom. The fraction of sp³-hybridized carbons (Fsp3) is 0. The van der Waals surface area contributed by atoms with E-state index in [4.69, 9.17) is 0 Å². The first-order valence-electron chi connectivity index (χ1n) is 5.70. The highest BCUT2D eigenvalue weighted by Gasteiger charge is 2.28. The minimum absolute atomic E-state index is 0.236. The summed E-state index contributed by atoms with van der Waals surface area (Å²) in [7, 11) is 0. The Balaban J connectivity index is 2.28. The second-order valence-electron chi connectivity index (χ2n) is 4.27. The van der Waals surface area contributed by atoms with Crippen molar-refractivity contribution in [2.75, 3.05) is 0 Å². The third-order valence-corrected chi connectivity index (χ3v) is 3.24. The summed E-state index contributed by atoms with van der Waals surface area (Å²) in [5.41, 5.74) is 1.68. The van der Waals surface area contributed by atoms with Gasteiger partial charge in [0.1, 0.15) is 17.2 Å². The Morgan fingerprint density at radius 1 is 0.947 bits per heavy atom. The third-order valence-electron chi connectivity index (χ3n) is 3.24. The lowest BCUT2D eigenvalue weighted by molar-refractivity contribution is 0.103. The number of rotatable bonds is 0. The lowest BCUT2D eigenvalue weighted by atomic mass is 9.92. The molecule has 4 nitrogen and oxygen atoms in total. The van der Waals surface area contributed by atoms with E-state index in [-0.39, 0.29) is 11.5 Å². The zero-order chi connectivity index (χ0) is 13.0. The van der Waals surface area contributed by atoms with E-state index in [1.165, 1.54) is 6.20 Å². The van der Waals surface area contributed by atoms with Crippen LogP contribution in [-0.4, -0.2) is 20.7 Å². The Kier molecular flexibility index (Phi) is 1.84. The number of halogens is 1. The molecule has 5 heteroatoms. The van der Waals surface area contributed by atoms with E-state index in [0.29, 0.717) is 27.7 Å². The number of aromatic nitrogens is 3. The normalized spacial score (nSPS) is 12.6. The average molecular weight is 251 g/mol. The van der Waals surface area contributed by atoms with E-state index >= 15 is 0 Å². The minimum Gasteiger partial charge on any atom is -0.287 e. The fourth-order valence-electron chi connectivity index (χ4n) is 2.41. The van der Waals surface area contributed by atoms with Crippen molar-refractivity contribution >= 4 is 16.6 Å². The predicted octanol–water partition coefficient (Wildman–Crippen LogP) is 2.38. The summed E-state index contributed by atoms with van der Waals surface area (Å²) >= 11 is 0. The number of nitrogens with zero attached hydrogens (tertiary/aromatic N) is 3. The van der Waals surface area contributed by atoms with Crippen molar-refractivity contribution < 1.29 is 9.18 Å². The monoisotopic (exact) mass is 251 g/mol. The largest absolute Gasteiger partial charge is 0.287 e. The number of pyridine rings is 3. The molecule has 0 atom stereocenters. The van der Waals surface area contributed by atoms with Crippen LogP contribution in [-0.2, 0) is 0 Å². The van der Waals surface area contributed by atoms with Gasteiger partial charge in [0.25, 0.3) is 0 Å². The SMILES string of the molecule is O=C1c2cccnc2-c2ncc(F)c3ccnc1c23. The van der Waals surface area contributed by atoms with Gasteiger partial charge in [-0.25, -0.2) is 4.39 Å². The number of ketones is 1. The Bertz CT molecular complexity index is 860. The second-order valence-corrected chi connectivity index (χ2v) is 4.27. The summed E-state index contributed by atoms with van der Waals surface area (Å²) in [5.74, 6) is -0.705. The van der Waals surface area contributed by atoms with Gasteiger partial charge in [-0.1, -0.05) is 0 Å². The molecule has 0 radical (unpaired) electrons. The van der Waals surface area contributed by atoms with Crippen molar-refractivity contribution in [3.05, 3.63) is 53.9 Å². The number of fused-ring (bicyclic) bond motifs is 2. The molecule has 4 rings (SSSR count). The lowest BCUT2D eigenvalue weighted by Gasteiger charge is -2.16. The van der Waals surface area contributed by atoms with E-state index in [1.807, 2.05) is 0 Å². The molecule has 0 amide bonds. The Hall–Kier alpha value is -2.69. The molecule has 0 aromatic carbocycles. The third kappa shape index (κ3) is 1.21. The molecular formula is C14H6FN3O. The van der Waals surface area contributed by atoms with Gasteiger partial charge in [0, 0.05) is 23.2 Å². The molecule has 3 heterocycles. The molecule has 3 aromatic heterocycles. The van der Waals surface area contributed by atoms with Crippen molar-refractivity contribution in [2.24, 2.45) is 0 Å². The molecule has 19 heavy (non-hydrogen) atoms. The molecule has 0 aliphatic heterocycles. The van der Waals surface area contributed by atoms with Crippen LogP contribution >= 0.6 is 0 Å². The number of hydrogen-bond acceptors (Lipinski definition) is 4. The maximum atomic E-state index is 13.8. The highest BCUT2D eigenvalue weighted by atomic mass is 19.1. The van der Waals surface area contributed by atoms with Crippen LogP contribution in [0.1, 0.15) is 16.1 Å². The van der Waals surface area contributed by atoms with E-state index < -0.39 is 5.82 Å². The quantitative estimate of drug-likeness (QED) is 0.481. The molecule has 0 bridgehead atoms. The standard InChI is InChI=1S/C14H6FN3O/c15-9-6-18-12-10-7(9)3-5-17-13(10)14(19)8-2-1-4-16-11(8)12/h1-6H. The van der Waals surface area contributed by atoms with Gasteiger partial charge in [0.05, 0.1) is 17.5 Å². The van der Waals surface area contributed by atoms with Gasteiger partial charge in [-0.3, -0.25) is 19.7 Å². The zero-order valence-corrected chi connectivity index (χ0v) is 9.59. The van der Waals surface area contributed by atoms with Crippen LogP contribution in [0.15, 0.2) is 36.8 Å². The van der Waals surface area contributed by atoms with Crippen LogP contribution in [0.3, 0.4) is 0 Å². The highest BCUT2D eigenvalue weighted by Crippen LogP contribution is 2.36. The van der Waals surface area contributed by atoms with Gasteiger partial charge in [-0.2, -0.15) is 0 Å². The Labute approximate surface area is 107 Å². The molecule has 0 saturated heterocycles. The number of carbonyl (C=O) groups excluding carboxylic acids is 1.